The molecule has 5 heterocycles. The summed E-state index contributed by atoms with van der Waals surface area (Å²) in [4.78, 5) is 2.61. The summed E-state index contributed by atoms with van der Waals surface area (Å²) in [6.45, 7) is 0. The van der Waals surface area contributed by atoms with E-state index in [0.717, 1.165) is 0 Å². The van der Waals surface area contributed by atoms with Gasteiger partial charge in [-0.25, -0.2) is 0 Å². The zero-order chi connectivity index (χ0) is 44.1. The number of aromatic nitrogens is 1. The molecule has 0 spiro atoms. The third-order valence-corrected chi connectivity index (χ3v) is 29.1. The van der Waals surface area contributed by atoms with Crippen molar-refractivity contribution in [1.29, 1.82) is 0 Å². The SMILES string of the molecule is c1ccc(-n2c3cc(-c4ccc5c(c4)[SiH-](c4ccccc4)(c4ccccc4)c4ccccc4-5)sc3c3sc(-c4ccc5c(c4)[SiH-](c4ccccc4)(c4ccccc4)c4ccccc4-5)cc32)cc1. The van der Waals surface area contributed by atoms with Crippen LogP contribution in [0.2, 0.25) is 0 Å². The van der Waals surface area contributed by atoms with Crippen molar-refractivity contribution >= 4 is 101 Å². The van der Waals surface area contributed by atoms with Gasteiger partial charge in [-0.1, -0.05) is 0 Å². The molecule has 12 aromatic rings. The summed E-state index contributed by atoms with van der Waals surface area (Å²) in [5, 5.41) is 11.8. The Morgan fingerprint density at radius 3 is 1.00 bits per heavy atom. The maximum absolute atomic E-state index is 3.07. The fraction of sp³-hybridized carbons (Fsp3) is 0. The van der Waals surface area contributed by atoms with E-state index in [1.165, 1.54) is 111 Å². The first-order chi connectivity index (χ1) is 33.2. The zero-order valence-corrected chi connectivity index (χ0v) is 40.5. The molecule has 318 valence electrons. The van der Waals surface area contributed by atoms with E-state index in [2.05, 4.69) is 253 Å². The molecule has 1 nitrogen and oxygen atoms in total. The first kappa shape index (κ1) is 38.8. The molecule has 2 aliphatic heterocycles. The second-order valence-electron chi connectivity index (χ2n) is 18.5. The Hall–Kier alpha value is -7.39. The van der Waals surface area contributed by atoms with Gasteiger partial charge in [-0.2, -0.15) is 0 Å². The van der Waals surface area contributed by atoms with E-state index >= 15 is 0 Å². The minimum atomic E-state index is -3.07. The van der Waals surface area contributed by atoms with E-state index in [0.29, 0.717) is 0 Å². The number of nitrogens with zero attached hydrogens (tertiary/aromatic N) is 1. The fourth-order valence-corrected chi connectivity index (χ4v) is 27.2. The van der Waals surface area contributed by atoms with Crippen molar-refractivity contribution in [2.24, 2.45) is 0 Å². The molecule has 0 unspecified atom stereocenters. The van der Waals surface area contributed by atoms with Gasteiger partial charge in [0.15, 0.2) is 0 Å². The third kappa shape index (κ3) is 5.51. The molecule has 0 aliphatic carbocycles. The Balaban J connectivity index is 0.965. The van der Waals surface area contributed by atoms with Gasteiger partial charge < -0.3 is 0 Å². The summed E-state index contributed by atoms with van der Waals surface area (Å²) in [6, 6.07) is 94.6. The summed E-state index contributed by atoms with van der Waals surface area (Å²) in [6.07, 6.45) is 0. The molecule has 0 N–H and O–H groups in total. The molecule has 14 rings (SSSR count). The number of benzene rings is 9. The van der Waals surface area contributed by atoms with Crippen molar-refractivity contribution < 1.29 is 0 Å². The number of thiophene rings is 2. The number of para-hydroxylation sites is 1. The van der Waals surface area contributed by atoms with E-state index < -0.39 is 16.1 Å². The monoisotopic (exact) mass is 921 g/mol. The van der Waals surface area contributed by atoms with E-state index in [-0.39, 0.29) is 0 Å². The Morgan fingerprint density at radius 1 is 0.284 bits per heavy atom. The van der Waals surface area contributed by atoms with Crippen LogP contribution in [0.25, 0.3) is 69.3 Å². The molecular weight excluding hydrogens is 879 g/mol. The van der Waals surface area contributed by atoms with Gasteiger partial charge in [-0.3, -0.25) is 0 Å². The zero-order valence-electron chi connectivity index (χ0n) is 36.6. The molecule has 9 aromatic carbocycles. The maximum atomic E-state index is 2.58. The van der Waals surface area contributed by atoms with Crippen LogP contribution in [0.4, 0.5) is 0 Å². The van der Waals surface area contributed by atoms with Crippen LogP contribution in [-0.2, 0) is 0 Å². The molecule has 3 aromatic heterocycles. The van der Waals surface area contributed by atoms with Gasteiger partial charge in [-0.15, -0.1) is 0 Å². The average molecular weight is 922 g/mol. The molecule has 0 saturated carbocycles. The molecule has 0 bridgehead atoms. The second kappa shape index (κ2) is 15.1. The molecule has 0 radical (unpaired) electrons. The molecule has 0 fully saturated rings. The summed E-state index contributed by atoms with van der Waals surface area (Å²) >= 11 is 3.89. The standard InChI is InChI=1S/C62H43NS2Si2/c1-6-20-44(21-7-1)63-53-40-55(42-34-36-51-49-30-16-18-32-57(49)66(59(51)38-42,45-22-8-2-9-23-45)46-24-10-3-11-25-46)64-61(53)62-54(63)41-56(65-62)43-35-37-52-50-31-17-19-33-58(50)67(60(52)39-43,47-26-12-4-13-27-47)48-28-14-5-15-29-48/h1-41,66-67H/q-2. The summed E-state index contributed by atoms with van der Waals surface area (Å²) in [7, 11) is -6.14. The van der Waals surface area contributed by atoms with Gasteiger partial charge in [0.2, 0.25) is 0 Å². The molecular formula is C62H43NS2Si2-2. The predicted octanol–water partition coefficient (Wildman–Crippen LogP) is 10.4. The van der Waals surface area contributed by atoms with Crippen molar-refractivity contribution in [3.8, 4) is 48.8 Å². The molecule has 2 aliphatic rings. The van der Waals surface area contributed by atoms with Crippen LogP contribution in [0.15, 0.2) is 249 Å². The van der Waals surface area contributed by atoms with E-state index in [9.17, 15) is 0 Å². The first-order valence-corrected chi connectivity index (χ1v) is 29.6. The van der Waals surface area contributed by atoms with Crippen LogP contribution in [0.5, 0.6) is 0 Å². The number of fused-ring (bicyclic) bond motifs is 9. The fourth-order valence-electron chi connectivity index (χ4n) is 12.7. The Bertz CT molecular complexity index is 3540. The van der Waals surface area contributed by atoms with Crippen molar-refractivity contribution in [2.75, 3.05) is 0 Å². The van der Waals surface area contributed by atoms with Crippen LogP contribution in [0.3, 0.4) is 0 Å². The third-order valence-electron chi connectivity index (χ3n) is 15.4. The quantitative estimate of drug-likeness (QED) is 0.140. The second-order valence-corrected chi connectivity index (χ2v) is 29.2. The van der Waals surface area contributed by atoms with Gasteiger partial charge in [0.1, 0.15) is 0 Å². The predicted molar refractivity (Wildman–Crippen MR) is 295 cm³/mol. The summed E-state index contributed by atoms with van der Waals surface area (Å²) < 4.78 is 5.21. The van der Waals surface area contributed by atoms with Crippen LogP contribution in [0, 0.1) is 0 Å². The van der Waals surface area contributed by atoms with Gasteiger partial charge >= 0.3 is 403 Å². The van der Waals surface area contributed by atoms with Crippen molar-refractivity contribution in [3.05, 3.63) is 249 Å². The van der Waals surface area contributed by atoms with Crippen LogP contribution >= 0.6 is 22.7 Å². The molecule has 0 saturated heterocycles. The van der Waals surface area contributed by atoms with Crippen LogP contribution in [-0.4, -0.2) is 20.7 Å². The minimum absolute atomic E-state index is 1.19. The van der Waals surface area contributed by atoms with Gasteiger partial charge in [0.05, 0.1) is 0 Å². The normalized spacial score (nSPS) is 14.9. The number of hydrogen-bond acceptors (Lipinski definition) is 2. The molecule has 5 heteroatoms. The van der Waals surface area contributed by atoms with E-state index in [1.54, 1.807) is 0 Å². The molecule has 0 atom stereocenters. The topological polar surface area (TPSA) is 4.93 Å². The van der Waals surface area contributed by atoms with Crippen molar-refractivity contribution in [1.82, 2.24) is 4.57 Å². The van der Waals surface area contributed by atoms with Crippen molar-refractivity contribution in [2.45, 2.75) is 0 Å². The van der Waals surface area contributed by atoms with Crippen LogP contribution < -0.4 is 41.5 Å². The van der Waals surface area contributed by atoms with Gasteiger partial charge in [-0.05, 0) is 0 Å². The number of hydrogen-bond donors (Lipinski definition) is 0. The van der Waals surface area contributed by atoms with E-state index in [4.69, 9.17) is 0 Å². The average Bonchev–Trinajstić information content (AvgIpc) is 4.21. The van der Waals surface area contributed by atoms with Gasteiger partial charge in [0, 0.05) is 0 Å². The molecule has 0 amide bonds. The number of rotatable bonds is 7. The summed E-state index contributed by atoms with van der Waals surface area (Å²) in [5.41, 5.74) is 11.8. The van der Waals surface area contributed by atoms with E-state index in [1.807, 2.05) is 22.7 Å². The Morgan fingerprint density at radius 2 is 0.612 bits per heavy atom. The Labute approximate surface area is 400 Å². The Kier molecular flexibility index (Phi) is 8.74. The van der Waals surface area contributed by atoms with Crippen molar-refractivity contribution in [3.63, 3.8) is 0 Å². The molecule has 67 heavy (non-hydrogen) atoms. The van der Waals surface area contributed by atoms with Crippen LogP contribution in [0.1, 0.15) is 0 Å². The summed E-state index contributed by atoms with van der Waals surface area (Å²) in [5.74, 6) is 0. The van der Waals surface area contributed by atoms with Gasteiger partial charge in [0.25, 0.3) is 0 Å². The first-order valence-electron chi connectivity index (χ1n) is 23.4.